The van der Waals surface area contributed by atoms with Gasteiger partial charge in [-0.05, 0) is 44.2 Å². The lowest BCUT2D eigenvalue weighted by atomic mass is 9.97. The van der Waals surface area contributed by atoms with E-state index >= 15 is 0 Å². The zero-order valence-corrected chi connectivity index (χ0v) is 15.4. The summed E-state index contributed by atoms with van der Waals surface area (Å²) in [6.07, 6.45) is 8.29. The fourth-order valence-corrected chi connectivity index (χ4v) is 5.03. The van der Waals surface area contributed by atoms with Gasteiger partial charge in [-0.2, -0.15) is 5.10 Å². The highest BCUT2D eigenvalue weighted by atomic mass is 32.1. The number of nitrogens with one attached hydrogen (secondary N) is 2. The van der Waals surface area contributed by atoms with E-state index in [9.17, 15) is 0 Å². The molecule has 0 bridgehead atoms. The molecule has 2 N–H and O–H groups in total. The minimum absolute atomic E-state index is 0.808. The summed E-state index contributed by atoms with van der Waals surface area (Å²) in [5, 5.41) is 6.82. The number of H-pyrrole nitrogens is 1. The Kier molecular flexibility index (Phi) is 3.71. The predicted octanol–water partition coefficient (Wildman–Crippen LogP) is 4.81. The SMILES string of the molecule is Cc1[nH]c2ccccc2c1/C=N\Nc1ncnc2sc3c(c12)CCCC3. The maximum absolute atomic E-state index is 4.49. The van der Waals surface area contributed by atoms with Crippen LogP contribution in [-0.4, -0.2) is 21.2 Å². The van der Waals surface area contributed by atoms with Crippen LogP contribution in [0, 0.1) is 6.92 Å². The number of rotatable bonds is 3. The molecule has 1 aliphatic carbocycles. The average molecular weight is 361 g/mol. The lowest BCUT2D eigenvalue weighted by Crippen LogP contribution is -2.01. The summed E-state index contributed by atoms with van der Waals surface area (Å²) >= 11 is 1.80. The molecule has 3 heterocycles. The van der Waals surface area contributed by atoms with Crippen molar-refractivity contribution in [2.75, 3.05) is 5.43 Å². The predicted molar refractivity (Wildman–Crippen MR) is 108 cm³/mol. The van der Waals surface area contributed by atoms with E-state index in [-0.39, 0.29) is 0 Å². The molecule has 130 valence electrons. The molecule has 0 saturated carbocycles. The number of hydrogen-bond donors (Lipinski definition) is 2. The molecule has 0 amide bonds. The Hall–Kier alpha value is -2.73. The third-order valence-electron chi connectivity index (χ3n) is 5.06. The van der Waals surface area contributed by atoms with Crippen LogP contribution in [0.3, 0.4) is 0 Å². The maximum atomic E-state index is 4.49. The van der Waals surface area contributed by atoms with Crippen LogP contribution >= 0.6 is 11.3 Å². The number of aryl methyl sites for hydroxylation is 3. The highest BCUT2D eigenvalue weighted by molar-refractivity contribution is 7.19. The third kappa shape index (κ3) is 2.49. The quantitative estimate of drug-likeness (QED) is 0.407. The number of nitrogens with zero attached hydrogens (tertiary/aromatic N) is 3. The minimum atomic E-state index is 0.808. The first-order valence-electron chi connectivity index (χ1n) is 8.93. The van der Waals surface area contributed by atoms with Gasteiger partial charge in [0.25, 0.3) is 0 Å². The number of aromatic nitrogens is 3. The van der Waals surface area contributed by atoms with Gasteiger partial charge in [-0.3, -0.25) is 5.43 Å². The normalized spacial score (nSPS) is 14.3. The Morgan fingerprint density at radius 2 is 2.08 bits per heavy atom. The molecule has 5 rings (SSSR count). The highest BCUT2D eigenvalue weighted by Crippen LogP contribution is 2.38. The molecule has 3 aromatic heterocycles. The number of hydrazone groups is 1. The summed E-state index contributed by atoms with van der Waals surface area (Å²) in [6.45, 7) is 2.07. The lowest BCUT2D eigenvalue weighted by Gasteiger charge is -2.11. The van der Waals surface area contributed by atoms with E-state index in [0.717, 1.165) is 45.7 Å². The van der Waals surface area contributed by atoms with Crippen LogP contribution in [0.2, 0.25) is 0 Å². The summed E-state index contributed by atoms with van der Waals surface area (Å²) in [5.41, 5.74) is 7.92. The van der Waals surface area contributed by atoms with Gasteiger partial charge in [0.1, 0.15) is 11.2 Å². The fourth-order valence-electron chi connectivity index (χ4n) is 3.80. The molecule has 0 radical (unpaired) electrons. The maximum Gasteiger partial charge on any atom is 0.158 e. The van der Waals surface area contributed by atoms with Crippen LogP contribution in [0.5, 0.6) is 0 Å². The van der Waals surface area contributed by atoms with Crippen LogP contribution in [-0.2, 0) is 12.8 Å². The van der Waals surface area contributed by atoms with E-state index in [1.165, 1.54) is 28.7 Å². The summed E-state index contributed by atoms with van der Waals surface area (Å²) in [5.74, 6) is 0.808. The molecular weight excluding hydrogens is 342 g/mol. The summed E-state index contributed by atoms with van der Waals surface area (Å²) in [6, 6.07) is 8.28. The van der Waals surface area contributed by atoms with Crippen molar-refractivity contribution in [3.8, 4) is 0 Å². The van der Waals surface area contributed by atoms with E-state index < -0.39 is 0 Å². The van der Waals surface area contributed by atoms with Crippen molar-refractivity contribution < 1.29 is 0 Å². The molecule has 0 atom stereocenters. The number of fused-ring (bicyclic) bond motifs is 4. The van der Waals surface area contributed by atoms with Gasteiger partial charge in [0.05, 0.1) is 11.6 Å². The smallest absolute Gasteiger partial charge is 0.158 e. The van der Waals surface area contributed by atoms with E-state index in [4.69, 9.17) is 0 Å². The minimum Gasteiger partial charge on any atom is -0.358 e. The van der Waals surface area contributed by atoms with Crippen LogP contribution in [0.1, 0.15) is 34.5 Å². The van der Waals surface area contributed by atoms with Crippen molar-refractivity contribution in [1.82, 2.24) is 15.0 Å². The largest absolute Gasteiger partial charge is 0.358 e. The van der Waals surface area contributed by atoms with E-state index in [1.807, 2.05) is 18.3 Å². The van der Waals surface area contributed by atoms with Gasteiger partial charge in [-0.25, -0.2) is 9.97 Å². The zero-order valence-electron chi connectivity index (χ0n) is 14.5. The van der Waals surface area contributed by atoms with Crippen LogP contribution in [0.15, 0.2) is 35.7 Å². The van der Waals surface area contributed by atoms with Crippen molar-refractivity contribution >= 4 is 44.5 Å². The second-order valence-corrected chi connectivity index (χ2v) is 7.78. The summed E-state index contributed by atoms with van der Waals surface area (Å²) in [4.78, 5) is 14.9. The van der Waals surface area contributed by atoms with Gasteiger partial charge in [0, 0.05) is 27.0 Å². The average Bonchev–Trinajstić information content (AvgIpc) is 3.20. The Morgan fingerprint density at radius 1 is 1.19 bits per heavy atom. The van der Waals surface area contributed by atoms with Crippen molar-refractivity contribution in [1.29, 1.82) is 0 Å². The molecule has 0 spiro atoms. The Labute approximate surface area is 155 Å². The van der Waals surface area contributed by atoms with E-state index in [0.29, 0.717) is 0 Å². The molecule has 0 saturated heterocycles. The second-order valence-electron chi connectivity index (χ2n) is 6.69. The topological polar surface area (TPSA) is 66.0 Å². The summed E-state index contributed by atoms with van der Waals surface area (Å²) < 4.78 is 0. The molecule has 0 aliphatic heterocycles. The Morgan fingerprint density at radius 3 is 3.04 bits per heavy atom. The Balaban J connectivity index is 1.51. The molecule has 0 unspecified atom stereocenters. The molecular formula is C20H19N5S. The zero-order chi connectivity index (χ0) is 17.5. The van der Waals surface area contributed by atoms with E-state index in [1.54, 1.807) is 17.7 Å². The monoisotopic (exact) mass is 361 g/mol. The van der Waals surface area contributed by atoms with Crippen molar-refractivity contribution in [2.45, 2.75) is 32.6 Å². The van der Waals surface area contributed by atoms with Gasteiger partial charge < -0.3 is 4.98 Å². The van der Waals surface area contributed by atoms with Crippen molar-refractivity contribution in [2.24, 2.45) is 5.10 Å². The number of thiophene rings is 1. The van der Waals surface area contributed by atoms with Gasteiger partial charge >= 0.3 is 0 Å². The van der Waals surface area contributed by atoms with Crippen LogP contribution < -0.4 is 5.43 Å². The first-order chi connectivity index (χ1) is 12.8. The van der Waals surface area contributed by atoms with Crippen molar-refractivity contribution in [3.63, 3.8) is 0 Å². The number of hydrogen-bond acceptors (Lipinski definition) is 5. The second kappa shape index (κ2) is 6.21. The number of anilines is 1. The first-order valence-corrected chi connectivity index (χ1v) is 9.74. The number of para-hydroxylation sites is 1. The van der Waals surface area contributed by atoms with E-state index in [2.05, 4.69) is 44.5 Å². The Bertz CT molecular complexity index is 1140. The standard InChI is InChI=1S/C20H19N5S/c1-12-15(13-6-2-4-8-16(13)24-12)10-23-25-19-18-14-7-3-5-9-17(14)26-20(18)22-11-21-19/h2,4,6,8,10-11,24H,3,5,7,9H2,1H3,(H,21,22,25)/b23-10-. The van der Waals surface area contributed by atoms with Gasteiger partial charge in [0.15, 0.2) is 5.82 Å². The molecule has 6 heteroatoms. The van der Waals surface area contributed by atoms with Gasteiger partial charge in [-0.1, -0.05) is 18.2 Å². The van der Waals surface area contributed by atoms with Gasteiger partial charge in [0.2, 0.25) is 0 Å². The molecule has 4 aromatic rings. The third-order valence-corrected chi connectivity index (χ3v) is 6.26. The lowest BCUT2D eigenvalue weighted by molar-refractivity contribution is 0.700. The molecule has 1 aromatic carbocycles. The molecule has 5 nitrogen and oxygen atoms in total. The van der Waals surface area contributed by atoms with Crippen LogP contribution in [0.25, 0.3) is 21.1 Å². The van der Waals surface area contributed by atoms with Gasteiger partial charge in [-0.15, -0.1) is 11.3 Å². The molecule has 0 fully saturated rings. The van der Waals surface area contributed by atoms with Crippen LogP contribution in [0.4, 0.5) is 5.82 Å². The van der Waals surface area contributed by atoms with Crippen molar-refractivity contribution in [3.05, 3.63) is 52.3 Å². The summed E-state index contributed by atoms with van der Waals surface area (Å²) in [7, 11) is 0. The molecule has 1 aliphatic rings. The highest BCUT2D eigenvalue weighted by Gasteiger charge is 2.19. The first kappa shape index (κ1) is 15.5. The number of aromatic amines is 1. The fraction of sp³-hybridized carbons (Fsp3) is 0.250. The number of benzene rings is 1. The molecule has 26 heavy (non-hydrogen) atoms.